The SMILES string of the molecule is CCCCOc1c(Br)cc(C2C(C(=O)Nc3cccc(C)c3)=C(C)Nc3nc(SCCC)nn32)cc1OCC. The van der Waals surface area contributed by atoms with E-state index in [0.717, 1.165) is 52.0 Å². The molecule has 0 saturated heterocycles. The number of carbonyl (C=O) groups excluding carboxylic acids is 1. The molecule has 3 aromatic rings. The van der Waals surface area contributed by atoms with Crippen molar-refractivity contribution in [1.29, 1.82) is 0 Å². The summed E-state index contributed by atoms with van der Waals surface area (Å²) in [7, 11) is 0. The van der Waals surface area contributed by atoms with Crippen LogP contribution in [0.3, 0.4) is 0 Å². The molecule has 1 aliphatic rings. The molecule has 0 bridgehead atoms. The number of hydrogen-bond donors (Lipinski definition) is 2. The first-order valence-electron chi connectivity index (χ1n) is 13.4. The lowest BCUT2D eigenvalue weighted by molar-refractivity contribution is -0.113. The van der Waals surface area contributed by atoms with Crippen molar-refractivity contribution in [3.63, 3.8) is 0 Å². The second-order valence-electron chi connectivity index (χ2n) is 9.37. The molecule has 1 aromatic heterocycles. The number of benzene rings is 2. The number of aromatic nitrogens is 3. The monoisotopic (exact) mass is 613 g/mol. The fraction of sp³-hybridized carbons (Fsp3) is 0.414. The van der Waals surface area contributed by atoms with Gasteiger partial charge in [0, 0.05) is 17.1 Å². The average molecular weight is 615 g/mol. The summed E-state index contributed by atoms with van der Waals surface area (Å²) < 4.78 is 14.7. The number of nitrogens with one attached hydrogen (secondary N) is 2. The van der Waals surface area contributed by atoms with Crippen molar-refractivity contribution >= 4 is 45.2 Å². The van der Waals surface area contributed by atoms with E-state index in [2.05, 4.69) is 40.4 Å². The Morgan fingerprint density at radius 3 is 2.69 bits per heavy atom. The largest absolute Gasteiger partial charge is 0.490 e. The predicted molar refractivity (Wildman–Crippen MR) is 161 cm³/mol. The van der Waals surface area contributed by atoms with Crippen molar-refractivity contribution in [2.24, 2.45) is 0 Å². The van der Waals surface area contributed by atoms with Gasteiger partial charge in [0.1, 0.15) is 6.04 Å². The Hall–Kier alpha value is -2.98. The van der Waals surface area contributed by atoms with Crippen LogP contribution in [0.2, 0.25) is 0 Å². The Bertz CT molecular complexity index is 1360. The first-order chi connectivity index (χ1) is 18.9. The molecule has 0 spiro atoms. The number of amides is 1. The van der Waals surface area contributed by atoms with Crippen LogP contribution in [0.4, 0.5) is 11.6 Å². The van der Waals surface area contributed by atoms with Gasteiger partial charge in [-0.2, -0.15) is 4.98 Å². The molecular weight excluding hydrogens is 578 g/mol. The summed E-state index contributed by atoms with van der Waals surface area (Å²) >= 11 is 5.31. The molecule has 1 amide bonds. The van der Waals surface area contributed by atoms with Crippen molar-refractivity contribution in [3.05, 3.63) is 63.3 Å². The fourth-order valence-electron chi connectivity index (χ4n) is 4.38. The molecule has 208 valence electrons. The Kier molecular flexibility index (Phi) is 9.96. The molecule has 0 saturated carbocycles. The average Bonchev–Trinajstić information content (AvgIpc) is 3.30. The van der Waals surface area contributed by atoms with Crippen molar-refractivity contribution in [1.82, 2.24) is 14.8 Å². The number of ether oxygens (including phenoxy) is 2. The van der Waals surface area contributed by atoms with E-state index in [4.69, 9.17) is 19.6 Å². The number of allylic oxidation sites excluding steroid dienone is 1. The van der Waals surface area contributed by atoms with Crippen LogP contribution >= 0.6 is 27.7 Å². The maximum absolute atomic E-state index is 13.9. The van der Waals surface area contributed by atoms with Gasteiger partial charge in [-0.1, -0.05) is 44.2 Å². The highest BCUT2D eigenvalue weighted by atomic mass is 79.9. The lowest BCUT2D eigenvalue weighted by atomic mass is 9.94. The maximum Gasteiger partial charge on any atom is 0.255 e. The molecule has 0 radical (unpaired) electrons. The molecule has 1 unspecified atom stereocenters. The highest BCUT2D eigenvalue weighted by Gasteiger charge is 2.35. The van der Waals surface area contributed by atoms with E-state index in [1.54, 1.807) is 16.4 Å². The van der Waals surface area contributed by atoms with E-state index in [9.17, 15) is 4.79 Å². The minimum absolute atomic E-state index is 0.211. The molecule has 4 rings (SSSR count). The van der Waals surface area contributed by atoms with E-state index in [1.807, 2.05) is 57.2 Å². The molecule has 0 fully saturated rings. The van der Waals surface area contributed by atoms with Crippen LogP contribution in [0.15, 0.2) is 57.3 Å². The molecular formula is C29H36BrN5O3S. The zero-order chi connectivity index (χ0) is 27.9. The Balaban J connectivity index is 1.81. The van der Waals surface area contributed by atoms with Gasteiger partial charge in [-0.3, -0.25) is 4.79 Å². The molecule has 0 aliphatic carbocycles. The van der Waals surface area contributed by atoms with Gasteiger partial charge in [-0.05, 0) is 84.9 Å². The number of halogens is 1. The summed E-state index contributed by atoms with van der Waals surface area (Å²) in [6.45, 7) is 11.2. The van der Waals surface area contributed by atoms with Crippen LogP contribution in [0, 0.1) is 6.92 Å². The topological polar surface area (TPSA) is 90.3 Å². The number of fused-ring (bicyclic) bond motifs is 1. The minimum atomic E-state index is -0.533. The number of rotatable bonds is 12. The molecule has 8 nitrogen and oxygen atoms in total. The molecule has 2 aromatic carbocycles. The number of carbonyl (C=O) groups is 1. The second kappa shape index (κ2) is 13.4. The molecule has 2 N–H and O–H groups in total. The normalized spacial score (nSPS) is 14.6. The molecule has 10 heteroatoms. The van der Waals surface area contributed by atoms with Crippen LogP contribution in [-0.2, 0) is 4.79 Å². The standard InChI is InChI=1S/C29H36BrN5O3S/c1-6-9-13-38-26-22(30)16-20(17-23(26)37-8-3)25-24(27(36)32-21-12-10-11-18(4)15-21)19(5)31-28-33-29(34-35(25)28)39-14-7-2/h10-12,15-17,25H,6-9,13-14H2,1-5H3,(H,32,36)(H,31,33,34). The van der Waals surface area contributed by atoms with Gasteiger partial charge in [0.25, 0.3) is 5.91 Å². The van der Waals surface area contributed by atoms with Crippen LogP contribution in [-0.4, -0.2) is 39.6 Å². The van der Waals surface area contributed by atoms with Gasteiger partial charge in [0.05, 0.1) is 23.3 Å². The zero-order valence-corrected chi connectivity index (χ0v) is 25.5. The fourth-order valence-corrected chi connectivity index (χ4v) is 5.63. The van der Waals surface area contributed by atoms with E-state index >= 15 is 0 Å². The summed E-state index contributed by atoms with van der Waals surface area (Å²) in [6.07, 6.45) is 2.99. The second-order valence-corrected chi connectivity index (χ2v) is 11.3. The highest BCUT2D eigenvalue weighted by molar-refractivity contribution is 9.10. The molecule has 1 atom stereocenters. The number of aryl methyl sites for hydroxylation is 1. The number of nitrogens with zero attached hydrogens (tertiary/aromatic N) is 3. The summed E-state index contributed by atoms with van der Waals surface area (Å²) in [5.74, 6) is 2.57. The Morgan fingerprint density at radius 1 is 1.15 bits per heavy atom. The lowest BCUT2D eigenvalue weighted by Gasteiger charge is -2.29. The summed E-state index contributed by atoms with van der Waals surface area (Å²) in [5.41, 5.74) is 3.90. The number of unbranched alkanes of at least 4 members (excludes halogenated alkanes) is 1. The maximum atomic E-state index is 13.9. The first-order valence-corrected chi connectivity index (χ1v) is 15.2. The van der Waals surface area contributed by atoms with Gasteiger partial charge in [0.15, 0.2) is 11.5 Å². The number of anilines is 2. The molecule has 2 heterocycles. The first kappa shape index (κ1) is 29.0. The highest BCUT2D eigenvalue weighted by Crippen LogP contribution is 2.43. The van der Waals surface area contributed by atoms with Gasteiger partial charge in [-0.25, -0.2) is 4.68 Å². The van der Waals surface area contributed by atoms with Gasteiger partial charge >= 0.3 is 0 Å². The van der Waals surface area contributed by atoms with E-state index < -0.39 is 6.04 Å². The Labute approximate surface area is 243 Å². The van der Waals surface area contributed by atoms with Gasteiger partial charge < -0.3 is 20.1 Å². The van der Waals surface area contributed by atoms with Crippen LogP contribution in [0.5, 0.6) is 11.5 Å². The van der Waals surface area contributed by atoms with Crippen molar-refractivity contribution in [2.75, 3.05) is 29.6 Å². The van der Waals surface area contributed by atoms with Crippen LogP contribution < -0.4 is 20.1 Å². The Morgan fingerprint density at radius 2 is 1.97 bits per heavy atom. The quantitative estimate of drug-likeness (QED) is 0.163. The lowest BCUT2D eigenvalue weighted by Crippen LogP contribution is -2.31. The van der Waals surface area contributed by atoms with E-state index in [1.165, 1.54) is 0 Å². The summed E-state index contributed by atoms with van der Waals surface area (Å²) in [6, 6.07) is 11.2. The third kappa shape index (κ3) is 6.78. The summed E-state index contributed by atoms with van der Waals surface area (Å²) in [5, 5.41) is 11.9. The van der Waals surface area contributed by atoms with Crippen LogP contribution in [0.1, 0.15) is 64.1 Å². The smallest absolute Gasteiger partial charge is 0.255 e. The van der Waals surface area contributed by atoms with Gasteiger partial charge in [-0.15, -0.1) is 5.10 Å². The number of thioether (sulfide) groups is 1. The molecule has 1 aliphatic heterocycles. The predicted octanol–water partition coefficient (Wildman–Crippen LogP) is 7.36. The summed E-state index contributed by atoms with van der Waals surface area (Å²) in [4.78, 5) is 18.6. The van der Waals surface area contributed by atoms with Crippen molar-refractivity contribution in [3.8, 4) is 11.5 Å². The number of hydrogen-bond acceptors (Lipinski definition) is 7. The minimum Gasteiger partial charge on any atom is -0.490 e. The van der Waals surface area contributed by atoms with Crippen LogP contribution in [0.25, 0.3) is 0 Å². The molecule has 39 heavy (non-hydrogen) atoms. The van der Waals surface area contributed by atoms with Crippen molar-refractivity contribution < 1.29 is 14.3 Å². The van der Waals surface area contributed by atoms with E-state index in [-0.39, 0.29) is 5.91 Å². The van der Waals surface area contributed by atoms with Gasteiger partial charge in [0.2, 0.25) is 11.1 Å². The van der Waals surface area contributed by atoms with E-state index in [0.29, 0.717) is 41.4 Å². The zero-order valence-electron chi connectivity index (χ0n) is 23.1. The third-order valence-corrected chi connectivity index (χ3v) is 7.81. The third-order valence-electron chi connectivity index (χ3n) is 6.18. The van der Waals surface area contributed by atoms with Crippen molar-refractivity contribution in [2.45, 2.75) is 65.1 Å².